The molecule has 0 nitrogen and oxygen atoms in total. The maximum atomic E-state index is 3.54. The van der Waals surface area contributed by atoms with Crippen molar-refractivity contribution < 1.29 is 0 Å². The lowest BCUT2D eigenvalue weighted by Crippen LogP contribution is -1.88. The Kier molecular flexibility index (Phi) is 9.76. The van der Waals surface area contributed by atoms with Gasteiger partial charge in [0.15, 0.2) is 0 Å². The molecule has 0 saturated heterocycles. The molecule has 0 heterocycles. The van der Waals surface area contributed by atoms with Crippen LogP contribution in [0.3, 0.4) is 0 Å². The summed E-state index contributed by atoms with van der Waals surface area (Å²) in [5.41, 5.74) is 2.75. The predicted octanol–water partition coefficient (Wildman–Crippen LogP) is 5.75. The Hall–Kier alpha value is -1.22. The molecule has 0 bridgehead atoms. The second kappa shape index (κ2) is 11.6. The Labute approximate surface area is 126 Å². The highest BCUT2D eigenvalue weighted by molar-refractivity contribution is 5.26. The lowest BCUT2D eigenvalue weighted by molar-refractivity contribution is 0.575. The first-order valence-corrected chi connectivity index (χ1v) is 8.19. The fourth-order valence-corrected chi connectivity index (χ4v) is 2.45. The molecule has 0 fully saturated rings. The predicted molar refractivity (Wildman–Crippen MR) is 89.6 cm³/mol. The zero-order valence-corrected chi connectivity index (χ0v) is 13.1. The highest BCUT2D eigenvalue weighted by Gasteiger charge is 1.95. The molecule has 0 aliphatic carbocycles. The van der Waals surface area contributed by atoms with Crippen LogP contribution in [0.4, 0.5) is 0 Å². The number of hydrogen-bond donors (Lipinski definition) is 0. The van der Waals surface area contributed by atoms with E-state index in [9.17, 15) is 0 Å². The fourth-order valence-electron chi connectivity index (χ4n) is 2.45. The zero-order chi connectivity index (χ0) is 14.5. The molecule has 0 spiro atoms. The monoisotopic (exact) mass is 269 g/mol. The van der Waals surface area contributed by atoms with Crippen molar-refractivity contribution in [2.24, 2.45) is 0 Å². The summed E-state index contributed by atoms with van der Waals surface area (Å²) in [5, 5.41) is 0. The van der Waals surface area contributed by atoms with Crippen LogP contribution in [-0.2, 0) is 12.8 Å². The van der Waals surface area contributed by atoms with E-state index in [1.807, 2.05) is 0 Å². The number of unbranched alkanes of at least 4 members (excludes halogenated alkanes) is 7. The van der Waals surface area contributed by atoms with E-state index in [1.165, 1.54) is 68.9 Å². The average Bonchev–Trinajstić information content (AvgIpc) is 2.49. The third-order valence-corrected chi connectivity index (χ3v) is 3.76. The Morgan fingerprint density at radius 1 is 0.800 bits per heavy atom. The SMILES string of the molecule is [CH2]C#CCc1ccc(CCCCCCCCCC)cc1. The fraction of sp³-hybridized carbons (Fsp3) is 0.550. The summed E-state index contributed by atoms with van der Waals surface area (Å²) < 4.78 is 0. The molecule has 0 amide bonds. The molecule has 0 atom stereocenters. The van der Waals surface area contributed by atoms with Crippen LogP contribution in [0.1, 0.15) is 69.4 Å². The summed E-state index contributed by atoms with van der Waals surface area (Å²) in [6.45, 7) is 5.81. The molecule has 0 aliphatic rings. The van der Waals surface area contributed by atoms with E-state index in [0.29, 0.717) is 0 Å². The number of aryl methyl sites for hydroxylation is 1. The van der Waals surface area contributed by atoms with Crippen LogP contribution < -0.4 is 0 Å². The molecule has 1 radical (unpaired) electrons. The van der Waals surface area contributed by atoms with Crippen molar-refractivity contribution in [2.45, 2.75) is 71.1 Å². The van der Waals surface area contributed by atoms with Gasteiger partial charge in [-0.25, -0.2) is 0 Å². The van der Waals surface area contributed by atoms with Crippen molar-refractivity contribution in [3.05, 3.63) is 42.3 Å². The van der Waals surface area contributed by atoms with Gasteiger partial charge in [-0.15, -0.1) is 5.92 Å². The molecule has 1 aromatic carbocycles. The first-order valence-electron chi connectivity index (χ1n) is 8.19. The molecule has 0 aliphatic heterocycles. The summed E-state index contributed by atoms with van der Waals surface area (Å²) in [6, 6.07) is 8.90. The van der Waals surface area contributed by atoms with Gasteiger partial charge in [-0.1, -0.05) is 82.1 Å². The second-order valence-electron chi connectivity index (χ2n) is 5.57. The normalized spacial score (nSPS) is 10.1. The molecular formula is C20H29. The van der Waals surface area contributed by atoms with E-state index in [1.54, 1.807) is 0 Å². The average molecular weight is 269 g/mol. The maximum Gasteiger partial charge on any atom is 0.0340 e. The third-order valence-electron chi connectivity index (χ3n) is 3.76. The molecule has 20 heavy (non-hydrogen) atoms. The van der Waals surface area contributed by atoms with Crippen LogP contribution in [0, 0.1) is 18.8 Å². The van der Waals surface area contributed by atoms with Gasteiger partial charge >= 0.3 is 0 Å². The van der Waals surface area contributed by atoms with Crippen molar-refractivity contribution in [1.82, 2.24) is 0 Å². The molecule has 1 rings (SSSR count). The topological polar surface area (TPSA) is 0 Å². The van der Waals surface area contributed by atoms with Gasteiger partial charge in [-0.3, -0.25) is 0 Å². The molecule has 0 saturated carbocycles. The summed E-state index contributed by atoms with van der Waals surface area (Å²) in [5.74, 6) is 5.70. The van der Waals surface area contributed by atoms with Crippen LogP contribution >= 0.6 is 0 Å². The van der Waals surface area contributed by atoms with Crippen LogP contribution in [0.2, 0.25) is 0 Å². The van der Waals surface area contributed by atoms with Gasteiger partial charge in [0.05, 0.1) is 0 Å². The standard InChI is InChI=1S/C20H29/c1-3-5-7-8-9-10-11-12-14-20-17-15-19(16-18-20)13-6-4-2/h15-18H,2-3,5,7-14H2,1H3. The van der Waals surface area contributed by atoms with E-state index in [2.05, 4.69) is 50.0 Å². The summed E-state index contributed by atoms with van der Waals surface area (Å²) in [4.78, 5) is 0. The van der Waals surface area contributed by atoms with Gasteiger partial charge < -0.3 is 0 Å². The highest BCUT2D eigenvalue weighted by atomic mass is 14.0. The molecule has 1 aromatic rings. The van der Waals surface area contributed by atoms with Gasteiger partial charge in [0.25, 0.3) is 0 Å². The highest BCUT2D eigenvalue weighted by Crippen LogP contribution is 2.12. The van der Waals surface area contributed by atoms with E-state index in [-0.39, 0.29) is 0 Å². The first kappa shape index (κ1) is 16.8. The smallest absolute Gasteiger partial charge is 0.0340 e. The molecule has 0 heteroatoms. The van der Waals surface area contributed by atoms with E-state index in [4.69, 9.17) is 0 Å². The summed E-state index contributed by atoms with van der Waals surface area (Å²) in [6.07, 6.45) is 13.2. The quantitative estimate of drug-likeness (QED) is 0.375. The zero-order valence-electron chi connectivity index (χ0n) is 13.1. The number of benzene rings is 1. The second-order valence-corrected chi connectivity index (χ2v) is 5.57. The number of hydrogen-bond acceptors (Lipinski definition) is 0. The molecule has 0 aromatic heterocycles. The van der Waals surface area contributed by atoms with Crippen molar-refractivity contribution in [3.63, 3.8) is 0 Å². The van der Waals surface area contributed by atoms with Gasteiger partial charge in [-0.05, 0) is 24.0 Å². The van der Waals surface area contributed by atoms with Crippen LogP contribution in [0.25, 0.3) is 0 Å². The van der Waals surface area contributed by atoms with Gasteiger partial charge in [0.1, 0.15) is 0 Å². The van der Waals surface area contributed by atoms with Crippen molar-refractivity contribution in [2.75, 3.05) is 0 Å². The first-order chi connectivity index (χ1) is 9.86. The minimum atomic E-state index is 0.821. The van der Waals surface area contributed by atoms with Crippen molar-refractivity contribution >= 4 is 0 Å². The number of rotatable bonds is 10. The van der Waals surface area contributed by atoms with E-state index in [0.717, 1.165) is 6.42 Å². The Bertz CT molecular complexity index is 388. The van der Waals surface area contributed by atoms with Gasteiger partial charge in [0.2, 0.25) is 0 Å². The summed E-state index contributed by atoms with van der Waals surface area (Å²) >= 11 is 0. The largest absolute Gasteiger partial charge is 0.102 e. The van der Waals surface area contributed by atoms with Crippen LogP contribution in [-0.4, -0.2) is 0 Å². The Morgan fingerprint density at radius 2 is 1.35 bits per heavy atom. The van der Waals surface area contributed by atoms with Crippen molar-refractivity contribution in [3.8, 4) is 11.8 Å². The Balaban J connectivity index is 2.08. The third kappa shape index (κ3) is 8.05. The van der Waals surface area contributed by atoms with Crippen molar-refractivity contribution in [1.29, 1.82) is 0 Å². The van der Waals surface area contributed by atoms with E-state index >= 15 is 0 Å². The molecule has 0 unspecified atom stereocenters. The van der Waals surface area contributed by atoms with Crippen LogP contribution in [0.15, 0.2) is 24.3 Å². The maximum absolute atomic E-state index is 3.54. The lowest BCUT2D eigenvalue weighted by Gasteiger charge is -2.03. The molecule has 0 N–H and O–H groups in total. The minimum Gasteiger partial charge on any atom is -0.102 e. The molecular weight excluding hydrogens is 240 g/mol. The molecule has 109 valence electrons. The lowest BCUT2D eigenvalue weighted by atomic mass is 10.0. The van der Waals surface area contributed by atoms with Gasteiger partial charge in [-0.2, -0.15) is 0 Å². The summed E-state index contributed by atoms with van der Waals surface area (Å²) in [7, 11) is 0. The Morgan fingerprint density at radius 3 is 1.95 bits per heavy atom. The van der Waals surface area contributed by atoms with E-state index < -0.39 is 0 Å². The minimum absolute atomic E-state index is 0.821. The van der Waals surface area contributed by atoms with Gasteiger partial charge in [0, 0.05) is 13.3 Å². The van der Waals surface area contributed by atoms with Crippen LogP contribution in [0.5, 0.6) is 0 Å².